The van der Waals surface area contributed by atoms with E-state index in [2.05, 4.69) is 28.8 Å². The predicted molar refractivity (Wildman–Crippen MR) is 138 cm³/mol. The number of fused-ring (bicyclic) bond motifs is 1. The molecule has 2 aliphatic rings. The van der Waals surface area contributed by atoms with E-state index in [4.69, 9.17) is 23.2 Å². The Morgan fingerprint density at radius 2 is 1.87 bits per heavy atom. The lowest BCUT2D eigenvalue weighted by Gasteiger charge is -2.43. The van der Waals surface area contributed by atoms with Crippen molar-refractivity contribution in [2.24, 2.45) is 5.92 Å². The molecule has 2 heterocycles. The van der Waals surface area contributed by atoms with Crippen molar-refractivity contribution < 1.29 is 23.1 Å². The molecule has 2 aromatic carbocycles. The fourth-order valence-corrected chi connectivity index (χ4v) is 6.22. The quantitative estimate of drug-likeness (QED) is 0.419. The largest absolute Gasteiger partial charge is 0.416 e. The summed E-state index contributed by atoms with van der Waals surface area (Å²) in [6.07, 6.45) is -0.819. The third-order valence-corrected chi connectivity index (χ3v) is 8.15. The first-order valence-corrected chi connectivity index (χ1v) is 13.1. The first kappa shape index (κ1) is 26.9. The van der Waals surface area contributed by atoms with E-state index in [1.165, 1.54) is 46.5 Å². The van der Waals surface area contributed by atoms with Gasteiger partial charge in [0.15, 0.2) is 5.60 Å². The van der Waals surface area contributed by atoms with Gasteiger partial charge in [0.2, 0.25) is 0 Å². The van der Waals surface area contributed by atoms with Crippen molar-refractivity contribution in [3.8, 4) is 5.69 Å². The van der Waals surface area contributed by atoms with Gasteiger partial charge in [-0.3, -0.25) is 4.79 Å². The summed E-state index contributed by atoms with van der Waals surface area (Å²) in [5, 5.41) is 16.0. The summed E-state index contributed by atoms with van der Waals surface area (Å²) in [6, 6.07) is 6.61. The first-order valence-electron chi connectivity index (χ1n) is 12.3. The second-order valence-electron chi connectivity index (χ2n) is 9.69. The summed E-state index contributed by atoms with van der Waals surface area (Å²) in [5.74, 6) is -0.825. The van der Waals surface area contributed by atoms with Crippen LogP contribution in [0.2, 0.25) is 10.0 Å². The summed E-state index contributed by atoms with van der Waals surface area (Å²) in [4.78, 5) is 21.4. The normalized spacial score (nSPS) is 23.2. The average molecular weight is 568 g/mol. The Labute approximate surface area is 227 Å². The van der Waals surface area contributed by atoms with Gasteiger partial charge in [-0.15, -0.1) is 0 Å². The number of benzene rings is 2. The van der Waals surface area contributed by atoms with E-state index >= 15 is 0 Å². The minimum Gasteiger partial charge on any atom is -0.372 e. The summed E-state index contributed by atoms with van der Waals surface area (Å²) in [5.41, 5.74) is -4.50. The average Bonchev–Trinajstić information content (AvgIpc) is 3.44. The third-order valence-electron chi connectivity index (χ3n) is 7.60. The number of carbonyl (C=O) groups excluding carboxylic acids is 1. The van der Waals surface area contributed by atoms with Gasteiger partial charge < -0.3 is 14.9 Å². The smallest absolute Gasteiger partial charge is 0.372 e. The van der Waals surface area contributed by atoms with Crippen LogP contribution in [0.4, 0.5) is 18.9 Å². The van der Waals surface area contributed by atoms with Gasteiger partial charge >= 0.3 is 6.18 Å². The molecule has 1 atom stereocenters. The maximum atomic E-state index is 14.6. The molecule has 202 valence electrons. The second kappa shape index (κ2) is 9.82. The summed E-state index contributed by atoms with van der Waals surface area (Å²) in [7, 11) is 0. The Morgan fingerprint density at radius 3 is 2.45 bits per heavy atom. The van der Waals surface area contributed by atoms with Crippen LogP contribution >= 0.6 is 23.2 Å². The highest BCUT2D eigenvalue weighted by atomic mass is 35.5. The van der Waals surface area contributed by atoms with Gasteiger partial charge in [-0.2, -0.15) is 18.3 Å². The zero-order valence-electron chi connectivity index (χ0n) is 20.7. The van der Waals surface area contributed by atoms with Crippen LogP contribution in [0.5, 0.6) is 0 Å². The van der Waals surface area contributed by atoms with Crippen molar-refractivity contribution in [1.82, 2.24) is 19.7 Å². The second-order valence-corrected chi connectivity index (χ2v) is 10.5. The number of amides is 1. The van der Waals surface area contributed by atoms with Crippen LogP contribution < -0.4 is 4.90 Å². The summed E-state index contributed by atoms with van der Waals surface area (Å²) in [6.45, 7) is 6.11. The molecule has 3 aromatic rings. The molecule has 12 heteroatoms. The fourth-order valence-electron chi connectivity index (χ4n) is 5.67. The van der Waals surface area contributed by atoms with Crippen LogP contribution in [-0.4, -0.2) is 56.4 Å². The molecule has 0 saturated heterocycles. The number of alkyl halides is 3. The molecule has 1 amide bonds. The molecule has 5 rings (SSSR count). The molecule has 0 radical (unpaired) electrons. The summed E-state index contributed by atoms with van der Waals surface area (Å²) >= 11 is 12.4. The van der Waals surface area contributed by atoms with E-state index in [-0.39, 0.29) is 39.4 Å². The van der Waals surface area contributed by atoms with Gasteiger partial charge in [-0.25, -0.2) is 9.67 Å². The molecule has 0 bridgehead atoms. The number of carbonyl (C=O) groups is 1. The monoisotopic (exact) mass is 567 g/mol. The summed E-state index contributed by atoms with van der Waals surface area (Å²) < 4.78 is 44.8. The Balaban J connectivity index is 1.66. The molecule has 0 spiro atoms. The molecule has 1 fully saturated rings. The van der Waals surface area contributed by atoms with E-state index in [0.717, 1.165) is 32.0 Å². The van der Waals surface area contributed by atoms with Crippen LogP contribution in [0, 0.1) is 5.92 Å². The maximum Gasteiger partial charge on any atom is 0.416 e. The van der Waals surface area contributed by atoms with Gasteiger partial charge in [0, 0.05) is 33.8 Å². The molecule has 1 aromatic heterocycles. The Kier molecular flexibility index (Phi) is 6.96. The van der Waals surface area contributed by atoms with Gasteiger partial charge in [0.1, 0.15) is 12.7 Å². The molecular weight excluding hydrogens is 542 g/mol. The first-order chi connectivity index (χ1) is 18.0. The topological polar surface area (TPSA) is 74.5 Å². The minimum absolute atomic E-state index is 0.0323. The molecule has 1 aliphatic heterocycles. The molecule has 1 aliphatic carbocycles. The van der Waals surface area contributed by atoms with E-state index in [1.807, 2.05) is 0 Å². The standard InChI is InChI=1S/C26H26Cl2F3N5O2/c1-3-34(4-2)17-7-15(8-17)12-35-22-11-18(36-14-32-13-33-36)10-20(26(29,30)31)23(22)25(38,24(35)37)19-6-5-16(27)9-21(19)28/h5-6,9-11,13-15,17,38H,3-4,7-8,12H2,1-2H3. The number of aliphatic hydroxyl groups is 1. The zero-order chi connectivity index (χ0) is 27.4. The van der Waals surface area contributed by atoms with Gasteiger partial charge in [-0.1, -0.05) is 43.1 Å². The minimum atomic E-state index is -4.89. The Hall–Kier alpha value is -2.66. The number of aromatic nitrogens is 3. The molecule has 1 N–H and O–H groups in total. The highest BCUT2D eigenvalue weighted by molar-refractivity contribution is 6.35. The van der Waals surface area contributed by atoms with Crippen molar-refractivity contribution in [2.45, 2.75) is 44.5 Å². The van der Waals surface area contributed by atoms with E-state index in [1.54, 1.807) is 0 Å². The zero-order valence-corrected chi connectivity index (χ0v) is 22.2. The molecular formula is C26H26Cl2F3N5O2. The number of halogens is 5. The number of anilines is 1. The number of hydrogen-bond acceptors (Lipinski definition) is 5. The lowest BCUT2D eigenvalue weighted by molar-refractivity contribution is -0.142. The number of nitrogens with zero attached hydrogens (tertiary/aromatic N) is 5. The van der Waals surface area contributed by atoms with E-state index in [0.29, 0.717) is 6.04 Å². The lowest BCUT2D eigenvalue weighted by Crippen LogP contribution is -2.50. The van der Waals surface area contributed by atoms with Crippen molar-refractivity contribution >= 4 is 34.8 Å². The van der Waals surface area contributed by atoms with Gasteiger partial charge in [-0.05, 0) is 56.1 Å². The van der Waals surface area contributed by atoms with E-state index in [9.17, 15) is 23.1 Å². The molecule has 1 unspecified atom stereocenters. The van der Waals surface area contributed by atoms with Crippen LogP contribution in [0.15, 0.2) is 43.0 Å². The fraction of sp³-hybridized carbons (Fsp3) is 0.423. The predicted octanol–water partition coefficient (Wildman–Crippen LogP) is 5.30. The van der Waals surface area contributed by atoms with Crippen LogP contribution in [0.25, 0.3) is 5.69 Å². The van der Waals surface area contributed by atoms with Crippen molar-refractivity contribution in [3.05, 3.63) is 69.7 Å². The Morgan fingerprint density at radius 1 is 1.16 bits per heavy atom. The maximum absolute atomic E-state index is 14.6. The Bertz CT molecular complexity index is 1360. The van der Waals surface area contributed by atoms with Crippen LogP contribution in [0.3, 0.4) is 0 Å². The third kappa shape index (κ3) is 4.37. The highest BCUT2D eigenvalue weighted by Crippen LogP contribution is 2.53. The van der Waals surface area contributed by atoms with Crippen molar-refractivity contribution in [3.63, 3.8) is 0 Å². The molecule has 38 heavy (non-hydrogen) atoms. The molecule has 7 nitrogen and oxygen atoms in total. The van der Waals surface area contributed by atoms with Gasteiger partial charge in [0.25, 0.3) is 5.91 Å². The SMILES string of the molecule is CCN(CC)C1CC(CN2C(=O)C(O)(c3ccc(Cl)cc3Cl)c3c2cc(-n2cncn2)cc3C(F)(F)F)C1. The lowest BCUT2D eigenvalue weighted by atomic mass is 9.78. The van der Waals surface area contributed by atoms with E-state index < -0.39 is 28.8 Å². The molecule has 1 saturated carbocycles. The number of rotatable bonds is 7. The van der Waals surface area contributed by atoms with Crippen molar-refractivity contribution in [2.75, 3.05) is 24.5 Å². The number of hydrogen-bond donors (Lipinski definition) is 1. The van der Waals surface area contributed by atoms with Crippen LogP contribution in [0.1, 0.15) is 43.4 Å². The van der Waals surface area contributed by atoms with Gasteiger partial charge in [0.05, 0.1) is 16.9 Å². The van der Waals surface area contributed by atoms with Crippen LogP contribution in [-0.2, 0) is 16.6 Å². The van der Waals surface area contributed by atoms with Crippen molar-refractivity contribution in [1.29, 1.82) is 0 Å². The highest BCUT2D eigenvalue weighted by Gasteiger charge is 2.57.